The fraction of sp³-hybridized carbons (Fsp3) is 0.208. The summed E-state index contributed by atoms with van der Waals surface area (Å²) in [6.45, 7) is -1.84. The first-order valence-corrected chi connectivity index (χ1v) is 12.4. The molecule has 15 heteroatoms. The van der Waals surface area contributed by atoms with Gasteiger partial charge >= 0.3 is 12.5 Å². The third-order valence-electron chi connectivity index (χ3n) is 5.14. The molecule has 0 bridgehead atoms. The van der Waals surface area contributed by atoms with E-state index < -0.39 is 47.3 Å². The standard InChI is InChI=1S/C24H21F6N3O5S/c1-37-20-11-16(7-9-21(20)39(31,35)36)33-22(34)14-6-8-17(15(10-14)12-32-13-23(25,26)27)18-4-2-3-5-19(18)38-24(28,29)30/h2-11,32H,12-13H2,1H3,(H,33,34)(H2,31,35,36). The highest BCUT2D eigenvalue weighted by molar-refractivity contribution is 7.89. The number of alkyl halides is 6. The second kappa shape index (κ2) is 11.5. The number of carbonyl (C=O) groups excluding carboxylic acids is 1. The maximum absolute atomic E-state index is 12.9. The van der Waals surface area contributed by atoms with E-state index in [1.165, 1.54) is 55.6 Å². The molecule has 0 saturated carbocycles. The molecule has 0 saturated heterocycles. The smallest absolute Gasteiger partial charge is 0.495 e. The number of hydrogen-bond acceptors (Lipinski definition) is 6. The van der Waals surface area contributed by atoms with Gasteiger partial charge in [0.05, 0.1) is 13.7 Å². The number of nitrogens with one attached hydrogen (secondary N) is 2. The number of carbonyl (C=O) groups is 1. The summed E-state index contributed by atoms with van der Waals surface area (Å²) in [5.41, 5.74) is 0.168. The first-order valence-electron chi connectivity index (χ1n) is 10.8. The number of primary sulfonamides is 1. The molecular weight excluding hydrogens is 556 g/mol. The molecule has 3 rings (SSSR count). The van der Waals surface area contributed by atoms with E-state index in [1.54, 1.807) is 0 Å². The Labute approximate surface area is 218 Å². The lowest BCUT2D eigenvalue weighted by Crippen LogP contribution is -2.28. The van der Waals surface area contributed by atoms with E-state index in [4.69, 9.17) is 9.88 Å². The molecule has 0 spiro atoms. The molecule has 0 aliphatic rings. The van der Waals surface area contributed by atoms with Crippen molar-refractivity contribution in [2.24, 2.45) is 5.14 Å². The summed E-state index contributed by atoms with van der Waals surface area (Å²) in [5, 5.41) is 9.78. The number of halogens is 6. The number of ether oxygens (including phenoxy) is 2. The summed E-state index contributed by atoms with van der Waals surface area (Å²) in [5.74, 6) is -1.48. The molecule has 39 heavy (non-hydrogen) atoms. The number of para-hydroxylation sites is 1. The van der Waals surface area contributed by atoms with Crippen LogP contribution >= 0.6 is 0 Å². The van der Waals surface area contributed by atoms with Crippen molar-refractivity contribution < 1.29 is 49.0 Å². The van der Waals surface area contributed by atoms with Crippen molar-refractivity contribution in [2.45, 2.75) is 24.0 Å². The Morgan fingerprint density at radius 3 is 2.23 bits per heavy atom. The lowest BCUT2D eigenvalue weighted by molar-refractivity contribution is -0.274. The predicted octanol–water partition coefficient (Wildman–Crippen LogP) is 4.81. The van der Waals surface area contributed by atoms with Crippen LogP contribution in [-0.2, 0) is 16.6 Å². The summed E-state index contributed by atoms with van der Waals surface area (Å²) in [6, 6.07) is 12.4. The van der Waals surface area contributed by atoms with Gasteiger partial charge in [0.1, 0.15) is 16.4 Å². The monoisotopic (exact) mass is 577 g/mol. The second-order valence-corrected chi connectivity index (χ2v) is 9.53. The number of hydrogen-bond donors (Lipinski definition) is 3. The van der Waals surface area contributed by atoms with Crippen LogP contribution in [-0.4, -0.2) is 40.5 Å². The van der Waals surface area contributed by atoms with Crippen LogP contribution in [0.5, 0.6) is 11.5 Å². The highest BCUT2D eigenvalue weighted by Crippen LogP contribution is 2.36. The van der Waals surface area contributed by atoms with Gasteiger partial charge in [-0.3, -0.25) is 4.79 Å². The summed E-state index contributed by atoms with van der Waals surface area (Å²) in [6.07, 6.45) is -9.58. The maximum atomic E-state index is 12.9. The van der Waals surface area contributed by atoms with Gasteiger partial charge < -0.3 is 20.1 Å². The van der Waals surface area contributed by atoms with Gasteiger partial charge in [-0.1, -0.05) is 24.3 Å². The Morgan fingerprint density at radius 1 is 0.923 bits per heavy atom. The third-order valence-corrected chi connectivity index (χ3v) is 6.09. The van der Waals surface area contributed by atoms with Crippen LogP contribution in [0.4, 0.5) is 32.0 Å². The lowest BCUT2D eigenvalue weighted by atomic mass is 9.96. The van der Waals surface area contributed by atoms with Crippen LogP contribution in [0.2, 0.25) is 0 Å². The van der Waals surface area contributed by atoms with Crippen LogP contribution in [0, 0.1) is 0 Å². The van der Waals surface area contributed by atoms with E-state index in [0.717, 1.165) is 12.1 Å². The molecule has 210 valence electrons. The van der Waals surface area contributed by atoms with Crippen molar-refractivity contribution >= 4 is 21.6 Å². The van der Waals surface area contributed by atoms with Crippen molar-refractivity contribution in [1.29, 1.82) is 0 Å². The molecule has 0 aromatic heterocycles. The SMILES string of the molecule is COc1cc(NC(=O)c2ccc(-c3ccccc3OC(F)(F)F)c(CNCC(F)(F)F)c2)ccc1S(N)(=O)=O. The first kappa shape index (κ1) is 29.7. The van der Waals surface area contributed by atoms with Crippen molar-refractivity contribution in [3.8, 4) is 22.6 Å². The average molecular weight is 578 g/mol. The zero-order chi connectivity index (χ0) is 29.0. The number of nitrogens with two attached hydrogens (primary N) is 1. The van der Waals surface area contributed by atoms with E-state index in [0.29, 0.717) is 0 Å². The van der Waals surface area contributed by atoms with E-state index in [-0.39, 0.29) is 38.6 Å². The van der Waals surface area contributed by atoms with Crippen LogP contribution < -0.4 is 25.2 Å². The van der Waals surface area contributed by atoms with Gasteiger partial charge in [-0.2, -0.15) is 13.2 Å². The molecule has 3 aromatic carbocycles. The van der Waals surface area contributed by atoms with Gasteiger partial charge in [-0.05, 0) is 41.5 Å². The molecule has 0 atom stereocenters. The normalized spacial score (nSPS) is 12.2. The molecular formula is C24H21F6N3O5S. The number of sulfonamides is 1. The Morgan fingerprint density at radius 2 is 1.62 bits per heavy atom. The van der Waals surface area contributed by atoms with Gasteiger partial charge in [-0.25, -0.2) is 13.6 Å². The number of amides is 1. The molecule has 0 radical (unpaired) electrons. The molecule has 0 heterocycles. The van der Waals surface area contributed by atoms with Crippen molar-refractivity contribution in [1.82, 2.24) is 5.32 Å². The molecule has 3 aromatic rings. The summed E-state index contributed by atoms with van der Waals surface area (Å²) >= 11 is 0. The quantitative estimate of drug-likeness (QED) is 0.314. The number of methoxy groups -OCH3 is 1. The molecule has 0 fully saturated rings. The highest BCUT2D eigenvalue weighted by atomic mass is 32.2. The minimum Gasteiger partial charge on any atom is -0.495 e. The van der Waals surface area contributed by atoms with Crippen LogP contribution in [0.25, 0.3) is 11.1 Å². The van der Waals surface area contributed by atoms with Crippen molar-refractivity contribution in [3.05, 3.63) is 71.8 Å². The minimum absolute atomic E-state index is 0.0498. The second-order valence-electron chi connectivity index (χ2n) is 8.00. The van der Waals surface area contributed by atoms with Gasteiger partial charge in [0.2, 0.25) is 10.0 Å². The molecule has 0 aliphatic heterocycles. The predicted molar refractivity (Wildman–Crippen MR) is 129 cm³/mol. The largest absolute Gasteiger partial charge is 0.573 e. The molecule has 1 amide bonds. The van der Waals surface area contributed by atoms with E-state index in [2.05, 4.69) is 15.4 Å². The first-order chi connectivity index (χ1) is 18.1. The van der Waals surface area contributed by atoms with E-state index in [9.17, 15) is 39.6 Å². The average Bonchev–Trinajstić information content (AvgIpc) is 2.82. The van der Waals surface area contributed by atoms with E-state index >= 15 is 0 Å². The zero-order valence-corrected chi connectivity index (χ0v) is 20.8. The van der Waals surface area contributed by atoms with Gasteiger partial charge in [-0.15, -0.1) is 13.2 Å². The fourth-order valence-electron chi connectivity index (χ4n) is 3.57. The minimum atomic E-state index is -5.02. The summed E-state index contributed by atoms with van der Waals surface area (Å²) < 4.78 is 109. The van der Waals surface area contributed by atoms with Gasteiger partial charge in [0, 0.05) is 29.4 Å². The zero-order valence-electron chi connectivity index (χ0n) is 20.0. The fourth-order valence-corrected chi connectivity index (χ4v) is 4.25. The molecule has 0 aliphatic carbocycles. The van der Waals surface area contributed by atoms with Gasteiger partial charge in [0.15, 0.2) is 0 Å². The van der Waals surface area contributed by atoms with Crippen LogP contribution in [0.1, 0.15) is 15.9 Å². The third kappa shape index (κ3) is 8.33. The summed E-state index contributed by atoms with van der Waals surface area (Å²) in [4.78, 5) is 12.6. The Kier molecular flexibility index (Phi) is 8.77. The lowest BCUT2D eigenvalue weighted by Gasteiger charge is -2.18. The van der Waals surface area contributed by atoms with E-state index in [1.807, 2.05) is 0 Å². The Bertz CT molecular complexity index is 1460. The van der Waals surface area contributed by atoms with Crippen molar-refractivity contribution in [2.75, 3.05) is 19.0 Å². The number of rotatable bonds is 9. The topological polar surface area (TPSA) is 120 Å². The number of benzene rings is 3. The maximum Gasteiger partial charge on any atom is 0.573 e. The Balaban J connectivity index is 1.98. The highest BCUT2D eigenvalue weighted by Gasteiger charge is 2.32. The molecule has 8 nitrogen and oxygen atoms in total. The molecule has 4 N–H and O–H groups in total. The Hall–Kier alpha value is -3.82. The molecule has 0 unspecified atom stereocenters. The number of anilines is 1. The summed E-state index contributed by atoms with van der Waals surface area (Å²) in [7, 11) is -2.93. The van der Waals surface area contributed by atoms with Crippen molar-refractivity contribution in [3.63, 3.8) is 0 Å². The van der Waals surface area contributed by atoms with Crippen LogP contribution in [0.15, 0.2) is 65.6 Å². The van der Waals surface area contributed by atoms with Gasteiger partial charge in [0.25, 0.3) is 5.91 Å². The van der Waals surface area contributed by atoms with Crippen LogP contribution in [0.3, 0.4) is 0 Å².